The van der Waals surface area contributed by atoms with E-state index in [1.807, 2.05) is 36.3 Å². The molecule has 0 bridgehead atoms. The maximum atomic E-state index is 3.97. The molecule has 86 valence electrons. The van der Waals surface area contributed by atoms with Crippen LogP contribution in [0.1, 0.15) is 28.4 Å². The van der Waals surface area contributed by atoms with Gasteiger partial charge in [-0.2, -0.15) is 0 Å². The molecule has 0 saturated carbocycles. The summed E-state index contributed by atoms with van der Waals surface area (Å²) >= 11 is 1.84. The highest BCUT2D eigenvalue weighted by molar-refractivity contribution is 7.12. The fourth-order valence-electron chi connectivity index (χ4n) is 1.73. The van der Waals surface area contributed by atoms with E-state index in [2.05, 4.69) is 34.7 Å². The van der Waals surface area contributed by atoms with Gasteiger partial charge in [0.05, 0.1) is 17.9 Å². The molecule has 16 heavy (non-hydrogen) atoms. The molecule has 0 aromatic carbocycles. The molecule has 0 aliphatic rings. The number of thiophene rings is 1. The Morgan fingerprint density at radius 3 is 2.81 bits per heavy atom. The van der Waals surface area contributed by atoms with Gasteiger partial charge in [-0.25, -0.2) is 0 Å². The molecular formula is C11H16N4S. The highest BCUT2D eigenvalue weighted by Crippen LogP contribution is 2.27. The number of nitrogens with zero attached hydrogens (tertiary/aromatic N) is 3. The maximum absolute atomic E-state index is 3.97. The Bertz CT molecular complexity index is 460. The molecule has 0 aliphatic carbocycles. The van der Waals surface area contributed by atoms with E-state index in [0.29, 0.717) is 0 Å². The van der Waals surface area contributed by atoms with Crippen LogP contribution in [0.25, 0.3) is 0 Å². The smallest absolute Gasteiger partial charge is 0.0855 e. The van der Waals surface area contributed by atoms with E-state index in [9.17, 15) is 0 Å². The van der Waals surface area contributed by atoms with Gasteiger partial charge in [-0.1, -0.05) is 12.1 Å². The third kappa shape index (κ3) is 2.01. The fourth-order valence-corrected chi connectivity index (χ4v) is 2.81. The van der Waals surface area contributed by atoms with Gasteiger partial charge in [0.25, 0.3) is 0 Å². The Morgan fingerprint density at radius 1 is 1.50 bits per heavy atom. The third-order valence-electron chi connectivity index (χ3n) is 2.65. The van der Waals surface area contributed by atoms with Gasteiger partial charge in [-0.3, -0.25) is 4.68 Å². The minimum atomic E-state index is 0.185. The zero-order chi connectivity index (χ0) is 11.5. The van der Waals surface area contributed by atoms with Gasteiger partial charge < -0.3 is 5.32 Å². The lowest BCUT2D eigenvalue weighted by Crippen LogP contribution is -2.19. The standard InChI is InChI=1S/C11H16N4S/c1-4-8-5-6-10(16-8)11(12-2)9-7-13-14-15(9)3/h5-7,11-12H,4H2,1-3H3. The minimum absolute atomic E-state index is 0.185. The molecule has 2 heterocycles. The summed E-state index contributed by atoms with van der Waals surface area (Å²) in [5, 5.41) is 11.2. The van der Waals surface area contributed by atoms with Gasteiger partial charge in [-0.05, 0) is 25.6 Å². The first-order chi connectivity index (χ1) is 7.76. The van der Waals surface area contributed by atoms with E-state index < -0.39 is 0 Å². The normalized spacial score (nSPS) is 12.9. The highest BCUT2D eigenvalue weighted by Gasteiger charge is 2.17. The van der Waals surface area contributed by atoms with Crippen LogP contribution in [-0.2, 0) is 13.5 Å². The van der Waals surface area contributed by atoms with E-state index in [4.69, 9.17) is 0 Å². The maximum Gasteiger partial charge on any atom is 0.0855 e. The van der Waals surface area contributed by atoms with E-state index in [1.54, 1.807) is 0 Å². The van der Waals surface area contributed by atoms with Crippen molar-refractivity contribution in [1.29, 1.82) is 0 Å². The molecular weight excluding hydrogens is 220 g/mol. The Hall–Kier alpha value is -1.20. The molecule has 2 aromatic heterocycles. The number of aromatic nitrogens is 3. The van der Waals surface area contributed by atoms with Crippen molar-refractivity contribution in [2.24, 2.45) is 7.05 Å². The first-order valence-corrected chi connectivity index (χ1v) is 6.18. The zero-order valence-electron chi connectivity index (χ0n) is 9.77. The predicted octanol–water partition coefficient (Wildman–Crippen LogP) is 1.75. The van der Waals surface area contributed by atoms with E-state index >= 15 is 0 Å². The summed E-state index contributed by atoms with van der Waals surface area (Å²) in [5.41, 5.74) is 1.09. The van der Waals surface area contributed by atoms with Crippen molar-refractivity contribution in [2.75, 3.05) is 7.05 Å². The topological polar surface area (TPSA) is 42.7 Å². The number of nitrogens with one attached hydrogen (secondary N) is 1. The molecule has 2 aromatic rings. The first kappa shape index (κ1) is 11.3. The summed E-state index contributed by atoms with van der Waals surface area (Å²) in [6.45, 7) is 2.18. The van der Waals surface area contributed by atoms with Crippen LogP contribution in [0.15, 0.2) is 18.3 Å². The number of hydrogen-bond donors (Lipinski definition) is 1. The SMILES string of the molecule is CCc1ccc(C(NC)c2cnnn2C)s1. The molecule has 5 heteroatoms. The van der Waals surface area contributed by atoms with E-state index in [-0.39, 0.29) is 6.04 Å². The number of hydrogen-bond acceptors (Lipinski definition) is 4. The largest absolute Gasteiger partial charge is 0.307 e. The van der Waals surface area contributed by atoms with Crippen molar-refractivity contribution in [1.82, 2.24) is 20.3 Å². The van der Waals surface area contributed by atoms with Crippen LogP contribution in [0.2, 0.25) is 0 Å². The van der Waals surface area contributed by atoms with Crippen molar-refractivity contribution < 1.29 is 0 Å². The van der Waals surface area contributed by atoms with Crippen LogP contribution in [0.5, 0.6) is 0 Å². The van der Waals surface area contributed by atoms with Gasteiger partial charge in [0.1, 0.15) is 0 Å². The monoisotopic (exact) mass is 236 g/mol. The van der Waals surface area contributed by atoms with Gasteiger partial charge in [-0.15, -0.1) is 16.4 Å². The second-order valence-corrected chi connectivity index (χ2v) is 4.86. The van der Waals surface area contributed by atoms with Crippen LogP contribution >= 0.6 is 11.3 Å². The lowest BCUT2D eigenvalue weighted by atomic mass is 10.2. The fraction of sp³-hybridized carbons (Fsp3) is 0.455. The van der Waals surface area contributed by atoms with Crippen LogP contribution in [-0.4, -0.2) is 22.0 Å². The highest BCUT2D eigenvalue weighted by atomic mass is 32.1. The molecule has 1 unspecified atom stereocenters. The molecule has 0 saturated heterocycles. The van der Waals surface area contributed by atoms with Crippen molar-refractivity contribution >= 4 is 11.3 Å². The lowest BCUT2D eigenvalue weighted by Gasteiger charge is -2.13. The zero-order valence-corrected chi connectivity index (χ0v) is 10.6. The van der Waals surface area contributed by atoms with Crippen LogP contribution in [0.3, 0.4) is 0 Å². The van der Waals surface area contributed by atoms with Gasteiger partial charge in [0.2, 0.25) is 0 Å². The van der Waals surface area contributed by atoms with Crippen molar-refractivity contribution in [2.45, 2.75) is 19.4 Å². The summed E-state index contributed by atoms with van der Waals surface area (Å²) in [6.07, 6.45) is 2.90. The molecule has 0 amide bonds. The first-order valence-electron chi connectivity index (χ1n) is 5.36. The van der Waals surface area contributed by atoms with Crippen LogP contribution in [0.4, 0.5) is 0 Å². The van der Waals surface area contributed by atoms with Crippen LogP contribution < -0.4 is 5.32 Å². The molecule has 2 rings (SSSR count). The summed E-state index contributed by atoms with van der Waals surface area (Å²) < 4.78 is 1.81. The summed E-state index contributed by atoms with van der Waals surface area (Å²) in [7, 11) is 3.88. The summed E-state index contributed by atoms with van der Waals surface area (Å²) in [6, 6.07) is 4.55. The van der Waals surface area contributed by atoms with Gasteiger partial charge in [0, 0.05) is 16.8 Å². The molecule has 0 radical (unpaired) electrons. The van der Waals surface area contributed by atoms with Crippen molar-refractivity contribution in [3.05, 3.63) is 33.8 Å². The number of aryl methyl sites for hydroxylation is 2. The molecule has 0 spiro atoms. The van der Waals surface area contributed by atoms with Crippen molar-refractivity contribution in [3.63, 3.8) is 0 Å². The van der Waals surface area contributed by atoms with Crippen LogP contribution in [0, 0.1) is 0 Å². The third-order valence-corrected chi connectivity index (χ3v) is 3.94. The second-order valence-electron chi connectivity index (χ2n) is 3.66. The Labute approximate surface area is 99.3 Å². The minimum Gasteiger partial charge on any atom is -0.307 e. The Balaban J connectivity index is 2.32. The predicted molar refractivity (Wildman–Crippen MR) is 65.6 cm³/mol. The van der Waals surface area contributed by atoms with Gasteiger partial charge >= 0.3 is 0 Å². The van der Waals surface area contributed by atoms with Crippen molar-refractivity contribution in [3.8, 4) is 0 Å². The van der Waals surface area contributed by atoms with E-state index in [1.165, 1.54) is 9.75 Å². The molecule has 0 aliphatic heterocycles. The average Bonchev–Trinajstić information content (AvgIpc) is 2.90. The Morgan fingerprint density at radius 2 is 2.31 bits per heavy atom. The quantitative estimate of drug-likeness (QED) is 0.879. The van der Waals surface area contributed by atoms with Gasteiger partial charge in [0.15, 0.2) is 0 Å². The second kappa shape index (κ2) is 4.76. The summed E-state index contributed by atoms with van der Waals surface area (Å²) in [4.78, 5) is 2.72. The lowest BCUT2D eigenvalue weighted by molar-refractivity contribution is 0.604. The molecule has 0 fully saturated rings. The molecule has 1 atom stereocenters. The molecule has 4 nitrogen and oxygen atoms in total. The average molecular weight is 236 g/mol. The number of rotatable bonds is 4. The summed E-state index contributed by atoms with van der Waals surface area (Å²) in [5.74, 6) is 0. The molecule has 1 N–H and O–H groups in total. The Kier molecular flexibility index (Phi) is 3.36. The van der Waals surface area contributed by atoms with E-state index in [0.717, 1.165) is 12.1 Å².